The maximum atomic E-state index is 13.2. The molecule has 0 aliphatic heterocycles. The molecule has 0 amide bonds. The van der Waals surface area contributed by atoms with Gasteiger partial charge in [-0.2, -0.15) is 18.3 Å². The van der Waals surface area contributed by atoms with Gasteiger partial charge in [0.2, 0.25) is 0 Å². The average molecular weight is 311 g/mol. The standard InChI is InChI=1S/C12H8F3N5O2/c1-22-11(21)9-6-17-20(10(9)12(13,14)15)8-4-2-7(3-5-8)18-19-16/h2-6H,1H3. The maximum absolute atomic E-state index is 13.2. The highest BCUT2D eigenvalue weighted by atomic mass is 19.4. The molecule has 0 saturated carbocycles. The lowest BCUT2D eigenvalue weighted by Crippen LogP contribution is -2.18. The van der Waals surface area contributed by atoms with Crippen LogP contribution in [0.2, 0.25) is 0 Å². The molecule has 2 rings (SSSR count). The molecule has 0 fully saturated rings. The van der Waals surface area contributed by atoms with Gasteiger partial charge in [-0.25, -0.2) is 9.48 Å². The third kappa shape index (κ3) is 2.86. The van der Waals surface area contributed by atoms with E-state index in [9.17, 15) is 18.0 Å². The van der Waals surface area contributed by atoms with Gasteiger partial charge in [0, 0.05) is 10.6 Å². The zero-order valence-corrected chi connectivity index (χ0v) is 11.1. The summed E-state index contributed by atoms with van der Waals surface area (Å²) in [5.74, 6) is -1.13. The molecule has 0 saturated heterocycles. The monoisotopic (exact) mass is 311 g/mol. The van der Waals surface area contributed by atoms with Crippen molar-refractivity contribution < 1.29 is 22.7 Å². The number of halogens is 3. The summed E-state index contributed by atoms with van der Waals surface area (Å²) in [5.41, 5.74) is 6.65. The molecule has 10 heteroatoms. The largest absolute Gasteiger partial charge is 0.465 e. The van der Waals surface area contributed by atoms with Gasteiger partial charge >= 0.3 is 12.1 Å². The van der Waals surface area contributed by atoms with E-state index in [2.05, 4.69) is 19.9 Å². The highest BCUT2D eigenvalue weighted by Crippen LogP contribution is 2.34. The van der Waals surface area contributed by atoms with Gasteiger partial charge in [-0.15, -0.1) is 0 Å². The number of hydrogen-bond donors (Lipinski definition) is 0. The molecule has 0 atom stereocenters. The summed E-state index contributed by atoms with van der Waals surface area (Å²) in [6, 6.07) is 5.23. The first-order chi connectivity index (χ1) is 10.4. The van der Waals surface area contributed by atoms with Crippen molar-refractivity contribution in [1.29, 1.82) is 0 Å². The second-order valence-electron chi connectivity index (χ2n) is 4.01. The molecule has 1 heterocycles. The molecule has 0 bridgehead atoms. The number of nitrogens with zero attached hydrogens (tertiary/aromatic N) is 5. The Morgan fingerprint density at radius 2 is 2.00 bits per heavy atom. The summed E-state index contributed by atoms with van der Waals surface area (Å²) in [7, 11) is 0.981. The maximum Gasteiger partial charge on any atom is 0.434 e. The Morgan fingerprint density at radius 1 is 1.36 bits per heavy atom. The first kappa shape index (κ1) is 15.4. The molecule has 0 spiro atoms. The van der Waals surface area contributed by atoms with Gasteiger partial charge in [0.25, 0.3) is 0 Å². The predicted octanol–water partition coefficient (Wildman–Crippen LogP) is 3.62. The molecule has 114 valence electrons. The second kappa shape index (κ2) is 5.78. The topological polar surface area (TPSA) is 92.9 Å². The molecule has 0 radical (unpaired) electrons. The van der Waals surface area contributed by atoms with E-state index < -0.39 is 23.4 Å². The van der Waals surface area contributed by atoms with Crippen molar-refractivity contribution in [3.8, 4) is 5.69 Å². The van der Waals surface area contributed by atoms with E-state index in [4.69, 9.17) is 5.53 Å². The number of azide groups is 1. The first-order valence-electron chi connectivity index (χ1n) is 5.77. The highest BCUT2D eigenvalue weighted by Gasteiger charge is 2.40. The zero-order chi connectivity index (χ0) is 16.3. The third-order valence-electron chi connectivity index (χ3n) is 2.70. The molecule has 0 N–H and O–H groups in total. The van der Waals surface area contributed by atoms with Gasteiger partial charge in [-0.05, 0) is 17.7 Å². The fourth-order valence-corrected chi connectivity index (χ4v) is 1.79. The number of rotatable bonds is 3. The summed E-state index contributed by atoms with van der Waals surface area (Å²) in [6.45, 7) is 0. The molecular weight excluding hydrogens is 303 g/mol. The van der Waals surface area contributed by atoms with E-state index in [1.807, 2.05) is 0 Å². The Hall–Kier alpha value is -3.00. The van der Waals surface area contributed by atoms with Gasteiger partial charge in [-0.3, -0.25) is 0 Å². The quantitative estimate of drug-likeness (QED) is 0.375. The number of esters is 1. The average Bonchev–Trinajstić information content (AvgIpc) is 2.92. The van der Waals surface area contributed by atoms with Crippen molar-refractivity contribution in [3.05, 3.63) is 52.2 Å². The molecule has 0 aliphatic carbocycles. The zero-order valence-electron chi connectivity index (χ0n) is 11.1. The smallest absolute Gasteiger partial charge is 0.434 e. The van der Waals surface area contributed by atoms with E-state index in [1.165, 1.54) is 24.3 Å². The van der Waals surface area contributed by atoms with Gasteiger partial charge in [0.1, 0.15) is 5.56 Å². The Morgan fingerprint density at radius 3 is 2.50 bits per heavy atom. The lowest BCUT2D eigenvalue weighted by molar-refractivity contribution is -0.143. The van der Waals surface area contributed by atoms with Crippen LogP contribution >= 0.6 is 0 Å². The number of alkyl halides is 3. The van der Waals surface area contributed by atoms with E-state index in [1.54, 1.807) is 0 Å². The molecule has 22 heavy (non-hydrogen) atoms. The van der Waals surface area contributed by atoms with Crippen LogP contribution < -0.4 is 0 Å². The molecular formula is C12H8F3N5O2. The first-order valence-corrected chi connectivity index (χ1v) is 5.77. The molecule has 1 aromatic carbocycles. The van der Waals surface area contributed by atoms with Gasteiger partial charge < -0.3 is 4.74 Å². The number of hydrogen-bond acceptors (Lipinski definition) is 4. The molecule has 1 aromatic heterocycles. The van der Waals surface area contributed by atoms with Crippen LogP contribution in [0.5, 0.6) is 0 Å². The summed E-state index contributed by atoms with van der Waals surface area (Å²) < 4.78 is 44.5. The van der Waals surface area contributed by atoms with Gasteiger partial charge in [0.15, 0.2) is 5.69 Å². The van der Waals surface area contributed by atoms with Crippen LogP contribution in [0.15, 0.2) is 35.6 Å². The van der Waals surface area contributed by atoms with Crippen LogP contribution in [0.25, 0.3) is 16.1 Å². The second-order valence-corrected chi connectivity index (χ2v) is 4.01. The number of carbonyl (C=O) groups is 1. The Kier molecular flexibility index (Phi) is 4.04. The van der Waals surface area contributed by atoms with E-state index >= 15 is 0 Å². The minimum Gasteiger partial charge on any atom is -0.465 e. The number of ether oxygens (including phenoxy) is 1. The van der Waals surface area contributed by atoms with Crippen LogP contribution in [-0.2, 0) is 10.9 Å². The Bertz CT molecular complexity index is 745. The van der Waals surface area contributed by atoms with E-state index in [0.29, 0.717) is 4.68 Å². The minimum atomic E-state index is -4.80. The number of carbonyl (C=O) groups excluding carboxylic acids is 1. The molecule has 0 unspecified atom stereocenters. The molecule has 2 aromatic rings. The van der Waals surface area contributed by atoms with Crippen molar-refractivity contribution in [2.24, 2.45) is 5.11 Å². The summed E-state index contributed by atoms with van der Waals surface area (Å²) >= 11 is 0. The lowest BCUT2D eigenvalue weighted by atomic mass is 10.2. The van der Waals surface area contributed by atoms with Crippen LogP contribution in [0, 0.1) is 0 Å². The molecule has 0 aliphatic rings. The van der Waals surface area contributed by atoms with Crippen LogP contribution in [0.3, 0.4) is 0 Å². The predicted molar refractivity (Wildman–Crippen MR) is 68.7 cm³/mol. The number of benzene rings is 1. The van der Waals surface area contributed by atoms with E-state index in [0.717, 1.165) is 13.3 Å². The lowest BCUT2D eigenvalue weighted by Gasteiger charge is -2.12. The van der Waals surface area contributed by atoms with E-state index in [-0.39, 0.29) is 11.4 Å². The summed E-state index contributed by atoms with van der Waals surface area (Å²) in [4.78, 5) is 14.0. The van der Waals surface area contributed by atoms with Crippen molar-refractivity contribution in [1.82, 2.24) is 9.78 Å². The number of aromatic nitrogens is 2. The van der Waals surface area contributed by atoms with Crippen LogP contribution in [0.4, 0.5) is 18.9 Å². The van der Waals surface area contributed by atoms with Crippen molar-refractivity contribution in [3.63, 3.8) is 0 Å². The highest BCUT2D eigenvalue weighted by molar-refractivity contribution is 5.90. The minimum absolute atomic E-state index is 0.0550. The van der Waals surface area contributed by atoms with Crippen LogP contribution in [-0.4, -0.2) is 22.9 Å². The normalized spacial score (nSPS) is 10.9. The fraction of sp³-hybridized carbons (Fsp3) is 0.167. The van der Waals surface area contributed by atoms with Gasteiger partial charge in [-0.1, -0.05) is 17.2 Å². The van der Waals surface area contributed by atoms with Crippen molar-refractivity contribution in [2.75, 3.05) is 7.11 Å². The summed E-state index contributed by atoms with van der Waals surface area (Å²) in [6.07, 6.45) is -4.01. The van der Waals surface area contributed by atoms with Crippen molar-refractivity contribution in [2.45, 2.75) is 6.18 Å². The molecule has 7 nitrogen and oxygen atoms in total. The van der Waals surface area contributed by atoms with Crippen LogP contribution in [0.1, 0.15) is 16.1 Å². The fourth-order valence-electron chi connectivity index (χ4n) is 1.79. The Labute approximate surface area is 121 Å². The van der Waals surface area contributed by atoms with Gasteiger partial charge in [0.05, 0.1) is 19.0 Å². The Balaban J connectivity index is 2.58. The number of methoxy groups -OCH3 is 1. The third-order valence-corrected chi connectivity index (χ3v) is 2.70. The van der Waals surface area contributed by atoms with Crippen molar-refractivity contribution >= 4 is 11.7 Å². The summed E-state index contributed by atoms with van der Waals surface area (Å²) in [5, 5.41) is 6.90. The SMILES string of the molecule is COC(=O)c1cnn(-c2ccc(N=[N+]=[N-])cc2)c1C(F)(F)F.